The van der Waals surface area contributed by atoms with E-state index in [4.69, 9.17) is 9.47 Å². The first kappa shape index (κ1) is 24.5. The van der Waals surface area contributed by atoms with Crippen LogP contribution in [0, 0.1) is 0 Å². The van der Waals surface area contributed by atoms with Crippen molar-refractivity contribution in [2.75, 3.05) is 13.7 Å². The second kappa shape index (κ2) is 12.2. The highest BCUT2D eigenvalue weighted by Gasteiger charge is 2.20. The lowest BCUT2D eigenvalue weighted by Gasteiger charge is -2.21. The van der Waals surface area contributed by atoms with Crippen molar-refractivity contribution in [1.29, 1.82) is 0 Å². The lowest BCUT2D eigenvalue weighted by Crippen LogP contribution is -2.31. The normalized spacial score (nSPS) is 10.5. The largest absolute Gasteiger partial charge is 0.497 e. The van der Waals surface area contributed by atoms with Gasteiger partial charge in [-0.2, -0.15) is 0 Å². The van der Waals surface area contributed by atoms with E-state index >= 15 is 0 Å². The lowest BCUT2D eigenvalue weighted by molar-refractivity contribution is -0.123. The van der Waals surface area contributed by atoms with Gasteiger partial charge in [0.15, 0.2) is 6.61 Å². The molecule has 0 aliphatic heterocycles. The van der Waals surface area contributed by atoms with Crippen LogP contribution in [0.25, 0.3) is 0 Å². The van der Waals surface area contributed by atoms with Crippen LogP contribution in [-0.2, 0) is 11.3 Å². The molecule has 0 aromatic heterocycles. The minimum Gasteiger partial charge on any atom is -0.497 e. The van der Waals surface area contributed by atoms with Crippen LogP contribution in [-0.4, -0.2) is 25.5 Å². The molecule has 0 spiro atoms. The minimum absolute atomic E-state index is 0.207. The van der Waals surface area contributed by atoms with Gasteiger partial charge in [-0.25, -0.2) is 0 Å². The maximum Gasteiger partial charge on any atom is 0.258 e. The molecular formula is C30H28N2O4. The predicted molar refractivity (Wildman–Crippen MR) is 139 cm³/mol. The van der Waals surface area contributed by atoms with Crippen LogP contribution < -0.4 is 20.1 Å². The molecule has 0 saturated heterocycles. The quantitative estimate of drug-likeness (QED) is 0.338. The topological polar surface area (TPSA) is 76.7 Å². The van der Waals surface area contributed by atoms with Crippen molar-refractivity contribution in [3.63, 3.8) is 0 Å². The number of nitrogens with one attached hydrogen (secondary N) is 2. The van der Waals surface area contributed by atoms with E-state index in [2.05, 4.69) is 10.6 Å². The van der Waals surface area contributed by atoms with Gasteiger partial charge in [-0.15, -0.1) is 0 Å². The van der Waals surface area contributed by atoms with E-state index in [1.807, 2.05) is 84.9 Å². The molecule has 4 aromatic carbocycles. The van der Waals surface area contributed by atoms with Crippen molar-refractivity contribution in [3.8, 4) is 11.5 Å². The number of ether oxygens (including phenoxy) is 2. The maximum atomic E-state index is 13.3. The van der Waals surface area contributed by atoms with E-state index in [1.54, 1.807) is 31.4 Å². The molecule has 0 aliphatic rings. The molecule has 0 heterocycles. The van der Waals surface area contributed by atoms with Crippen molar-refractivity contribution >= 4 is 11.8 Å². The van der Waals surface area contributed by atoms with Crippen LogP contribution in [0.3, 0.4) is 0 Å². The molecule has 2 amide bonds. The van der Waals surface area contributed by atoms with Crippen molar-refractivity contribution in [3.05, 3.63) is 131 Å². The number of para-hydroxylation sites is 1. The molecule has 0 aliphatic carbocycles. The van der Waals surface area contributed by atoms with Gasteiger partial charge >= 0.3 is 0 Å². The molecule has 4 aromatic rings. The number of hydrogen-bond donors (Lipinski definition) is 2. The summed E-state index contributed by atoms with van der Waals surface area (Å²) in [7, 11) is 1.61. The molecule has 0 bridgehead atoms. The zero-order valence-electron chi connectivity index (χ0n) is 20.0. The number of amides is 2. The van der Waals surface area contributed by atoms with E-state index in [1.165, 1.54) is 0 Å². The van der Waals surface area contributed by atoms with Crippen LogP contribution in [0.5, 0.6) is 11.5 Å². The fraction of sp³-hybridized carbons (Fsp3) is 0.133. The summed E-state index contributed by atoms with van der Waals surface area (Å²) in [6.07, 6.45) is 0. The van der Waals surface area contributed by atoms with Crippen LogP contribution in [0.15, 0.2) is 109 Å². The molecule has 0 unspecified atom stereocenters. The Morgan fingerprint density at radius 3 is 1.94 bits per heavy atom. The van der Waals surface area contributed by atoms with E-state index in [0.29, 0.717) is 17.9 Å². The van der Waals surface area contributed by atoms with Gasteiger partial charge in [0.25, 0.3) is 11.8 Å². The summed E-state index contributed by atoms with van der Waals surface area (Å²) in [5, 5.41) is 5.95. The Morgan fingerprint density at radius 2 is 1.33 bits per heavy atom. The number of rotatable bonds is 10. The fourth-order valence-electron chi connectivity index (χ4n) is 3.78. The number of methoxy groups -OCH3 is 1. The summed E-state index contributed by atoms with van der Waals surface area (Å²) >= 11 is 0. The second-order valence-electron chi connectivity index (χ2n) is 8.14. The first-order valence-electron chi connectivity index (χ1n) is 11.7. The summed E-state index contributed by atoms with van der Waals surface area (Å²) in [4.78, 5) is 25.7. The summed E-state index contributed by atoms with van der Waals surface area (Å²) in [5.41, 5.74) is 3.23. The molecule has 0 fully saturated rings. The Hall–Kier alpha value is -4.58. The molecule has 6 nitrogen and oxygen atoms in total. The summed E-state index contributed by atoms with van der Waals surface area (Å²) in [6, 6.07) is 33.6. The molecule has 4 rings (SSSR count). The summed E-state index contributed by atoms with van der Waals surface area (Å²) < 4.78 is 10.9. The van der Waals surface area contributed by atoms with E-state index in [0.717, 1.165) is 22.4 Å². The average Bonchev–Trinajstić information content (AvgIpc) is 2.95. The van der Waals surface area contributed by atoms with Gasteiger partial charge in [0.05, 0.1) is 18.7 Å². The highest BCUT2D eigenvalue weighted by Crippen LogP contribution is 2.24. The molecule has 36 heavy (non-hydrogen) atoms. The number of hydrogen-bond acceptors (Lipinski definition) is 4. The molecule has 0 saturated carbocycles. The van der Waals surface area contributed by atoms with Gasteiger partial charge < -0.3 is 20.1 Å². The third-order valence-corrected chi connectivity index (χ3v) is 5.68. The predicted octanol–water partition coefficient (Wildman–Crippen LogP) is 4.91. The monoisotopic (exact) mass is 480 g/mol. The number of carbonyl (C=O) groups excluding carboxylic acids is 2. The van der Waals surface area contributed by atoms with Crippen LogP contribution in [0.1, 0.15) is 33.1 Å². The summed E-state index contributed by atoms with van der Waals surface area (Å²) in [6.45, 7) is 0.158. The van der Waals surface area contributed by atoms with Crippen molar-refractivity contribution < 1.29 is 19.1 Å². The smallest absolute Gasteiger partial charge is 0.258 e. The molecule has 6 heteroatoms. The maximum absolute atomic E-state index is 13.3. The Balaban J connectivity index is 1.41. The van der Waals surface area contributed by atoms with Crippen molar-refractivity contribution in [2.24, 2.45) is 0 Å². The van der Waals surface area contributed by atoms with Gasteiger partial charge in [0, 0.05) is 6.54 Å². The third-order valence-electron chi connectivity index (χ3n) is 5.68. The highest BCUT2D eigenvalue weighted by atomic mass is 16.5. The Bertz CT molecular complexity index is 1240. The Morgan fingerprint density at radius 1 is 0.750 bits per heavy atom. The standard InChI is InChI=1S/C30H28N2O4/c1-35-25-18-16-22(17-19-25)20-31-28(33)21-36-27-15-9-8-14-26(27)30(34)32-29(23-10-4-2-5-11-23)24-12-6-3-7-13-24/h2-19,29H,20-21H2,1H3,(H,31,33)(H,32,34). The molecule has 0 atom stereocenters. The average molecular weight is 481 g/mol. The zero-order chi connectivity index (χ0) is 25.2. The first-order valence-corrected chi connectivity index (χ1v) is 11.7. The number of benzene rings is 4. The zero-order valence-corrected chi connectivity index (χ0v) is 20.0. The second-order valence-corrected chi connectivity index (χ2v) is 8.14. The third kappa shape index (κ3) is 6.51. The lowest BCUT2D eigenvalue weighted by atomic mass is 9.98. The van der Waals surface area contributed by atoms with Gasteiger partial charge in [-0.1, -0.05) is 84.9 Å². The number of carbonyl (C=O) groups is 2. The Kier molecular flexibility index (Phi) is 8.33. The SMILES string of the molecule is COc1ccc(CNC(=O)COc2ccccc2C(=O)NC(c2ccccc2)c2ccccc2)cc1. The fourth-order valence-corrected chi connectivity index (χ4v) is 3.78. The van der Waals surface area contributed by atoms with E-state index in [9.17, 15) is 9.59 Å². The highest BCUT2D eigenvalue weighted by molar-refractivity contribution is 5.97. The van der Waals surface area contributed by atoms with Gasteiger partial charge in [0.2, 0.25) is 0 Å². The van der Waals surface area contributed by atoms with Crippen LogP contribution in [0.2, 0.25) is 0 Å². The molecular weight excluding hydrogens is 452 g/mol. The molecule has 182 valence electrons. The summed E-state index contributed by atoms with van der Waals surface area (Å²) in [5.74, 6) is 0.522. The molecule has 0 radical (unpaired) electrons. The van der Waals surface area contributed by atoms with Gasteiger partial charge in [-0.3, -0.25) is 9.59 Å². The van der Waals surface area contributed by atoms with Crippen molar-refractivity contribution in [2.45, 2.75) is 12.6 Å². The van der Waals surface area contributed by atoms with Gasteiger partial charge in [-0.05, 0) is 41.0 Å². The first-order chi connectivity index (χ1) is 17.6. The van der Waals surface area contributed by atoms with Gasteiger partial charge in [0.1, 0.15) is 11.5 Å². The molecule has 2 N–H and O–H groups in total. The van der Waals surface area contributed by atoms with E-state index < -0.39 is 0 Å². The Labute approximate surface area is 210 Å². The van der Waals surface area contributed by atoms with Crippen LogP contribution in [0.4, 0.5) is 0 Å². The minimum atomic E-state index is -0.333. The van der Waals surface area contributed by atoms with E-state index in [-0.39, 0.29) is 24.5 Å². The van der Waals surface area contributed by atoms with Crippen molar-refractivity contribution in [1.82, 2.24) is 10.6 Å². The van der Waals surface area contributed by atoms with Crippen LogP contribution >= 0.6 is 0 Å².